The molecule has 0 aliphatic heterocycles. The maximum atomic E-state index is 12.2. The number of hydrogen-bond acceptors (Lipinski definition) is 2. The minimum Gasteiger partial charge on any atom is -0.348 e. The Labute approximate surface area is 147 Å². The quantitative estimate of drug-likeness (QED) is 0.842. The largest absolute Gasteiger partial charge is 0.348 e. The molecule has 0 saturated carbocycles. The number of nitrogens with zero attached hydrogens (tertiary/aromatic N) is 1. The fourth-order valence-corrected chi connectivity index (χ4v) is 2.82. The summed E-state index contributed by atoms with van der Waals surface area (Å²) in [5.74, 6) is -0.0195. The molecule has 0 aliphatic rings. The SMILES string of the molecule is C[C@@H](NC(=O)CN(C)Cc1ccc(Cl)cc1Cl)c1ccccc1. The number of nitrogens with one attached hydrogen (secondary N) is 1. The summed E-state index contributed by atoms with van der Waals surface area (Å²) in [5, 5.41) is 4.22. The smallest absolute Gasteiger partial charge is 0.234 e. The maximum Gasteiger partial charge on any atom is 0.234 e. The molecule has 0 spiro atoms. The van der Waals surface area contributed by atoms with Crippen LogP contribution in [0.2, 0.25) is 10.0 Å². The van der Waals surface area contributed by atoms with Crippen LogP contribution in [0.3, 0.4) is 0 Å². The first-order valence-electron chi connectivity index (χ1n) is 7.42. The summed E-state index contributed by atoms with van der Waals surface area (Å²) in [7, 11) is 1.89. The van der Waals surface area contributed by atoms with Crippen molar-refractivity contribution in [1.29, 1.82) is 0 Å². The van der Waals surface area contributed by atoms with E-state index < -0.39 is 0 Å². The van der Waals surface area contributed by atoms with Gasteiger partial charge in [0.25, 0.3) is 0 Å². The Balaban J connectivity index is 1.87. The number of benzene rings is 2. The van der Waals surface area contributed by atoms with Crippen LogP contribution in [0, 0.1) is 0 Å². The molecule has 3 nitrogen and oxygen atoms in total. The maximum absolute atomic E-state index is 12.2. The molecule has 0 bridgehead atoms. The molecule has 122 valence electrons. The first-order chi connectivity index (χ1) is 11.0. The Bertz CT molecular complexity index is 661. The zero-order valence-electron chi connectivity index (χ0n) is 13.2. The van der Waals surface area contributed by atoms with Crippen molar-refractivity contribution in [3.05, 3.63) is 69.7 Å². The second-order valence-electron chi connectivity index (χ2n) is 5.61. The lowest BCUT2D eigenvalue weighted by Crippen LogP contribution is -2.36. The van der Waals surface area contributed by atoms with Crippen LogP contribution in [0.4, 0.5) is 0 Å². The van der Waals surface area contributed by atoms with Gasteiger partial charge in [0.2, 0.25) is 5.91 Å². The Hall–Kier alpha value is -1.55. The molecule has 0 heterocycles. The molecule has 1 N–H and O–H groups in total. The number of hydrogen-bond donors (Lipinski definition) is 1. The molecule has 2 aromatic carbocycles. The van der Waals surface area contributed by atoms with Crippen LogP contribution in [0.5, 0.6) is 0 Å². The number of halogens is 2. The van der Waals surface area contributed by atoms with Gasteiger partial charge in [-0.25, -0.2) is 0 Å². The van der Waals surface area contributed by atoms with Crippen molar-refractivity contribution < 1.29 is 4.79 Å². The van der Waals surface area contributed by atoms with Crippen molar-refractivity contribution in [2.24, 2.45) is 0 Å². The van der Waals surface area contributed by atoms with Crippen molar-refractivity contribution in [1.82, 2.24) is 10.2 Å². The summed E-state index contributed by atoms with van der Waals surface area (Å²) in [6, 6.07) is 15.3. The molecule has 23 heavy (non-hydrogen) atoms. The number of carbonyl (C=O) groups is 1. The average molecular weight is 351 g/mol. The standard InChI is InChI=1S/C18H20Cl2N2O/c1-13(14-6-4-3-5-7-14)21-18(23)12-22(2)11-15-8-9-16(19)10-17(15)20/h3-10,13H,11-12H2,1-2H3,(H,21,23)/t13-/m1/s1. The number of likely N-dealkylation sites (N-methyl/N-ethyl adjacent to an activating group) is 1. The predicted octanol–water partition coefficient (Wildman–Crippen LogP) is 4.30. The van der Waals surface area contributed by atoms with Gasteiger partial charge in [-0.15, -0.1) is 0 Å². The monoisotopic (exact) mass is 350 g/mol. The van der Waals surface area contributed by atoms with E-state index >= 15 is 0 Å². The molecule has 2 rings (SSSR count). The second-order valence-corrected chi connectivity index (χ2v) is 6.45. The van der Waals surface area contributed by atoms with Crippen LogP contribution in [-0.4, -0.2) is 24.4 Å². The minimum atomic E-state index is -0.0195. The lowest BCUT2D eigenvalue weighted by Gasteiger charge is -2.20. The Morgan fingerprint density at radius 1 is 1.17 bits per heavy atom. The van der Waals surface area contributed by atoms with E-state index in [2.05, 4.69) is 5.32 Å². The molecule has 0 fully saturated rings. The van der Waals surface area contributed by atoms with E-state index in [0.717, 1.165) is 11.1 Å². The molecule has 0 saturated heterocycles. The van der Waals surface area contributed by atoms with Gasteiger partial charge in [0.05, 0.1) is 12.6 Å². The van der Waals surface area contributed by atoms with E-state index in [0.29, 0.717) is 23.1 Å². The summed E-state index contributed by atoms with van der Waals surface area (Å²) >= 11 is 12.1. The number of carbonyl (C=O) groups excluding carboxylic acids is 1. The first kappa shape index (κ1) is 17.8. The lowest BCUT2D eigenvalue weighted by molar-refractivity contribution is -0.122. The molecule has 1 amide bonds. The zero-order chi connectivity index (χ0) is 16.8. The minimum absolute atomic E-state index is 0.0174. The summed E-state index contributed by atoms with van der Waals surface area (Å²) in [5.41, 5.74) is 2.03. The Morgan fingerprint density at radius 2 is 1.87 bits per heavy atom. The van der Waals surface area contributed by atoms with E-state index in [1.54, 1.807) is 12.1 Å². The average Bonchev–Trinajstić information content (AvgIpc) is 2.50. The van der Waals surface area contributed by atoms with Crippen molar-refractivity contribution in [2.45, 2.75) is 19.5 Å². The van der Waals surface area contributed by atoms with Crippen LogP contribution in [0.25, 0.3) is 0 Å². The third-order valence-corrected chi connectivity index (χ3v) is 4.13. The lowest BCUT2D eigenvalue weighted by atomic mass is 10.1. The van der Waals surface area contributed by atoms with E-state index in [4.69, 9.17) is 23.2 Å². The van der Waals surface area contributed by atoms with Crippen LogP contribution in [-0.2, 0) is 11.3 Å². The van der Waals surface area contributed by atoms with Gasteiger partial charge < -0.3 is 5.32 Å². The molecule has 5 heteroatoms. The van der Waals surface area contributed by atoms with Crippen LogP contribution in [0.1, 0.15) is 24.1 Å². The highest BCUT2D eigenvalue weighted by molar-refractivity contribution is 6.35. The normalized spacial score (nSPS) is 12.2. The highest BCUT2D eigenvalue weighted by Crippen LogP contribution is 2.22. The van der Waals surface area contributed by atoms with Gasteiger partial charge in [0.15, 0.2) is 0 Å². The van der Waals surface area contributed by atoms with E-state index in [9.17, 15) is 4.79 Å². The number of amides is 1. The Kier molecular flexibility index (Phi) is 6.46. The predicted molar refractivity (Wildman–Crippen MR) is 95.8 cm³/mol. The van der Waals surface area contributed by atoms with E-state index in [-0.39, 0.29) is 11.9 Å². The summed E-state index contributed by atoms with van der Waals surface area (Å²) in [4.78, 5) is 14.1. The molecular formula is C18H20Cl2N2O. The fourth-order valence-electron chi connectivity index (χ4n) is 2.35. The summed E-state index contributed by atoms with van der Waals surface area (Å²) in [6.45, 7) is 2.86. The zero-order valence-corrected chi connectivity index (χ0v) is 14.7. The number of rotatable bonds is 6. The topological polar surface area (TPSA) is 32.3 Å². The third-order valence-electron chi connectivity index (χ3n) is 3.55. The van der Waals surface area contributed by atoms with Crippen LogP contribution in [0.15, 0.2) is 48.5 Å². The summed E-state index contributed by atoms with van der Waals surface area (Å²) in [6.07, 6.45) is 0. The molecule has 1 atom stereocenters. The van der Waals surface area contributed by atoms with Crippen LogP contribution >= 0.6 is 23.2 Å². The van der Waals surface area contributed by atoms with Crippen molar-refractivity contribution >= 4 is 29.1 Å². The van der Waals surface area contributed by atoms with Crippen molar-refractivity contribution in [3.8, 4) is 0 Å². The van der Waals surface area contributed by atoms with Crippen molar-refractivity contribution in [2.75, 3.05) is 13.6 Å². The second kappa shape index (κ2) is 8.34. The van der Waals surface area contributed by atoms with Gasteiger partial charge in [-0.3, -0.25) is 9.69 Å². The highest BCUT2D eigenvalue weighted by atomic mass is 35.5. The fraction of sp³-hybridized carbons (Fsp3) is 0.278. The van der Waals surface area contributed by atoms with Gasteiger partial charge in [-0.1, -0.05) is 59.6 Å². The first-order valence-corrected chi connectivity index (χ1v) is 8.18. The van der Waals surface area contributed by atoms with Crippen LogP contribution < -0.4 is 5.32 Å². The molecule has 0 radical (unpaired) electrons. The molecule has 2 aromatic rings. The van der Waals surface area contributed by atoms with E-state index in [1.807, 2.05) is 55.3 Å². The molecule has 0 unspecified atom stereocenters. The van der Waals surface area contributed by atoms with Gasteiger partial charge in [-0.2, -0.15) is 0 Å². The molecular weight excluding hydrogens is 331 g/mol. The van der Waals surface area contributed by atoms with Gasteiger partial charge >= 0.3 is 0 Å². The van der Waals surface area contributed by atoms with E-state index in [1.165, 1.54) is 0 Å². The third kappa shape index (κ3) is 5.54. The van der Waals surface area contributed by atoms with Gasteiger partial charge in [0, 0.05) is 16.6 Å². The Morgan fingerprint density at radius 3 is 2.52 bits per heavy atom. The molecule has 0 aliphatic carbocycles. The van der Waals surface area contributed by atoms with Crippen molar-refractivity contribution in [3.63, 3.8) is 0 Å². The highest BCUT2D eigenvalue weighted by Gasteiger charge is 2.12. The molecule has 0 aromatic heterocycles. The summed E-state index contributed by atoms with van der Waals surface area (Å²) < 4.78 is 0. The van der Waals surface area contributed by atoms with Gasteiger partial charge in [0.1, 0.15) is 0 Å². The van der Waals surface area contributed by atoms with Gasteiger partial charge in [-0.05, 0) is 37.2 Å².